The fourth-order valence-electron chi connectivity index (χ4n) is 4.07. The van der Waals surface area contributed by atoms with Crippen molar-refractivity contribution in [2.24, 2.45) is 0 Å². The van der Waals surface area contributed by atoms with Crippen molar-refractivity contribution < 1.29 is 5.11 Å². The standard InChI is InChI=1S/C31H40OS2/c1-3-5-7-9-11-28-17-19-30(33-28)15-13-25-21-26(23-27(22-25)24-32)14-16-31-20-18-29(34-31)12-10-8-6-4-2/h13-23,32H,3-12,24H2,1-2H3/b15-13+,16-14+. The van der Waals surface area contributed by atoms with Crippen LogP contribution >= 0.6 is 22.7 Å². The highest BCUT2D eigenvalue weighted by atomic mass is 32.1. The van der Waals surface area contributed by atoms with E-state index < -0.39 is 0 Å². The molecule has 0 aliphatic heterocycles. The summed E-state index contributed by atoms with van der Waals surface area (Å²) < 4.78 is 0. The van der Waals surface area contributed by atoms with Gasteiger partial charge in [0.05, 0.1) is 6.61 Å². The van der Waals surface area contributed by atoms with E-state index in [1.165, 1.54) is 83.7 Å². The average molecular weight is 493 g/mol. The number of hydrogen-bond acceptors (Lipinski definition) is 3. The zero-order valence-corrected chi connectivity index (χ0v) is 22.5. The van der Waals surface area contributed by atoms with Gasteiger partial charge in [0.25, 0.3) is 0 Å². The molecule has 0 spiro atoms. The number of aliphatic hydroxyl groups is 1. The Hall–Kier alpha value is -1.94. The van der Waals surface area contributed by atoms with E-state index in [2.05, 4.69) is 80.6 Å². The van der Waals surface area contributed by atoms with Gasteiger partial charge in [0.2, 0.25) is 0 Å². The molecule has 0 unspecified atom stereocenters. The molecule has 2 heterocycles. The fraction of sp³-hybridized carbons (Fsp3) is 0.419. The molecule has 182 valence electrons. The van der Waals surface area contributed by atoms with Crippen LogP contribution in [0.5, 0.6) is 0 Å². The monoisotopic (exact) mass is 492 g/mol. The number of aryl methyl sites for hydroxylation is 2. The summed E-state index contributed by atoms with van der Waals surface area (Å²) in [5, 5.41) is 9.76. The first-order valence-corrected chi connectivity index (χ1v) is 14.6. The van der Waals surface area contributed by atoms with Crippen molar-refractivity contribution in [2.45, 2.75) is 84.7 Å². The summed E-state index contributed by atoms with van der Waals surface area (Å²) in [6, 6.07) is 15.3. The molecule has 2 aromatic heterocycles. The molecule has 1 nitrogen and oxygen atoms in total. The summed E-state index contributed by atoms with van der Waals surface area (Å²) in [6.45, 7) is 4.58. The summed E-state index contributed by atoms with van der Waals surface area (Å²) >= 11 is 3.79. The van der Waals surface area contributed by atoms with Gasteiger partial charge in [0.15, 0.2) is 0 Å². The second kappa shape index (κ2) is 15.1. The first kappa shape index (κ1) is 26.7. The van der Waals surface area contributed by atoms with Crippen LogP contribution in [0.25, 0.3) is 24.3 Å². The third kappa shape index (κ3) is 9.37. The second-order valence-corrected chi connectivity index (χ2v) is 11.5. The van der Waals surface area contributed by atoms with Crippen molar-refractivity contribution >= 4 is 47.0 Å². The van der Waals surface area contributed by atoms with E-state index >= 15 is 0 Å². The Morgan fingerprint density at radius 3 is 1.56 bits per heavy atom. The normalized spacial score (nSPS) is 11.9. The van der Waals surface area contributed by atoms with Crippen LogP contribution in [0.15, 0.2) is 42.5 Å². The first-order chi connectivity index (χ1) is 16.7. The molecule has 0 saturated carbocycles. The van der Waals surface area contributed by atoms with Gasteiger partial charge in [0.1, 0.15) is 0 Å². The van der Waals surface area contributed by atoms with Crippen LogP contribution in [0.3, 0.4) is 0 Å². The molecule has 0 saturated heterocycles. The highest BCUT2D eigenvalue weighted by Crippen LogP contribution is 2.24. The zero-order valence-electron chi connectivity index (χ0n) is 20.9. The molecule has 0 bridgehead atoms. The molecule has 0 aliphatic carbocycles. The number of aliphatic hydroxyl groups excluding tert-OH is 1. The molecule has 0 radical (unpaired) electrons. The Kier molecular flexibility index (Phi) is 11.9. The van der Waals surface area contributed by atoms with Gasteiger partial charge < -0.3 is 5.11 Å². The van der Waals surface area contributed by atoms with Gasteiger partial charge in [-0.1, -0.05) is 64.5 Å². The third-order valence-electron chi connectivity index (χ3n) is 6.02. The van der Waals surface area contributed by atoms with E-state index in [-0.39, 0.29) is 6.61 Å². The average Bonchev–Trinajstić information content (AvgIpc) is 3.51. The predicted molar refractivity (Wildman–Crippen MR) is 155 cm³/mol. The van der Waals surface area contributed by atoms with Crippen molar-refractivity contribution in [3.8, 4) is 0 Å². The maximum absolute atomic E-state index is 9.76. The highest BCUT2D eigenvalue weighted by Gasteiger charge is 2.02. The van der Waals surface area contributed by atoms with E-state index in [1.807, 2.05) is 22.7 Å². The quantitative estimate of drug-likeness (QED) is 0.209. The molecule has 0 aliphatic rings. The molecule has 3 rings (SSSR count). The van der Waals surface area contributed by atoms with Crippen LogP contribution in [-0.4, -0.2) is 5.11 Å². The van der Waals surface area contributed by atoms with Crippen molar-refractivity contribution in [3.63, 3.8) is 0 Å². The minimum Gasteiger partial charge on any atom is -0.392 e. The molecule has 34 heavy (non-hydrogen) atoms. The maximum atomic E-state index is 9.76. The van der Waals surface area contributed by atoms with Crippen LogP contribution in [0.1, 0.15) is 101 Å². The molecule has 3 aromatic rings. The van der Waals surface area contributed by atoms with E-state index in [4.69, 9.17) is 0 Å². The van der Waals surface area contributed by atoms with Crippen molar-refractivity contribution in [1.29, 1.82) is 0 Å². The van der Waals surface area contributed by atoms with Crippen LogP contribution in [0.2, 0.25) is 0 Å². The zero-order chi connectivity index (χ0) is 24.0. The summed E-state index contributed by atoms with van der Waals surface area (Å²) in [5.41, 5.74) is 3.21. The topological polar surface area (TPSA) is 20.2 Å². The lowest BCUT2D eigenvalue weighted by Crippen LogP contribution is -1.86. The van der Waals surface area contributed by atoms with Gasteiger partial charge in [-0.05, 0) is 97.0 Å². The maximum Gasteiger partial charge on any atom is 0.0682 e. The van der Waals surface area contributed by atoms with Crippen LogP contribution in [0.4, 0.5) is 0 Å². The Balaban J connectivity index is 1.61. The van der Waals surface area contributed by atoms with Crippen molar-refractivity contribution in [3.05, 3.63) is 78.7 Å². The summed E-state index contributed by atoms with van der Waals surface area (Å²) in [6.07, 6.45) is 21.6. The van der Waals surface area contributed by atoms with Crippen LogP contribution in [0, 0.1) is 0 Å². The summed E-state index contributed by atoms with van der Waals surface area (Å²) in [5.74, 6) is 0. The van der Waals surface area contributed by atoms with Gasteiger partial charge in [-0.2, -0.15) is 0 Å². The molecule has 0 fully saturated rings. The highest BCUT2D eigenvalue weighted by molar-refractivity contribution is 7.13. The summed E-state index contributed by atoms with van der Waals surface area (Å²) in [7, 11) is 0. The van der Waals surface area contributed by atoms with Gasteiger partial charge in [-0.25, -0.2) is 0 Å². The Morgan fingerprint density at radius 1 is 0.618 bits per heavy atom. The second-order valence-electron chi connectivity index (χ2n) is 9.06. The molecule has 1 aromatic carbocycles. The van der Waals surface area contributed by atoms with Crippen molar-refractivity contribution in [2.75, 3.05) is 0 Å². The van der Waals surface area contributed by atoms with Gasteiger partial charge >= 0.3 is 0 Å². The molecular formula is C31H40OS2. The van der Waals surface area contributed by atoms with E-state index in [0.29, 0.717) is 0 Å². The van der Waals surface area contributed by atoms with Gasteiger partial charge in [-0.3, -0.25) is 0 Å². The van der Waals surface area contributed by atoms with E-state index in [9.17, 15) is 5.11 Å². The van der Waals surface area contributed by atoms with Gasteiger partial charge in [-0.15, -0.1) is 22.7 Å². The minimum atomic E-state index is 0.0599. The molecule has 1 N–H and O–H groups in total. The van der Waals surface area contributed by atoms with Crippen molar-refractivity contribution in [1.82, 2.24) is 0 Å². The SMILES string of the molecule is CCCCCCc1ccc(/C=C/c2cc(/C=C/c3ccc(CCCCCC)s3)cc(CO)c2)s1. The number of rotatable bonds is 15. The first-order valence-electron chi connectivity index (χ1n) is 13.0. The van der Waals surface area contributed by atoms with Gasteiger partial charge in [0, 0.05) is 19.5 Å². The molecule has 0 amide bonds. The Bertz CT molecular complexity index is 959. The Morgan fingerprint density at radius 2 is 1.12 bits per heavy atom. The fourth-order valence-corrected chi connectivity index (χ4v) is 5.99. The lowest BCUT2D eigenvalue weighted by molar-refractivity contribution is 0.282. The summed E-state index contributed by atoms with van der Waals surface area (Å²) in [4.78, 5) is 5.54. The van der Waals surface area contributed by atoms with E-state index in [0.717, 1.165) is 16.7 Å². The third-order valence-corrected chi connectivity index (χ3v) is 8.24. The van der Waals surface area contributed by atoms with Crippen LogP contribution in [-0.2, 0) is 19.4 Å². The smallest absolute Gasteiger partial charge is 0.0682 e. The lowest BCUT2D eigenvalue weighted by Gasteiger charge is -2.03. The largest absolute Gasteiger partial charge is 0.392 e. The molecular weight excluding hydrogens is 452 g/mol. The molecule has 3 heteroatoms. The number of unbranched alkanes of at least 4 members (excludes halogenated alkanes) is 6. The number of thiophene rings is 2. The predicted octanol–water partition coefficient (Wildman–Crippen LogP) is 9.89. The number of hydrogen-bond donors (Lipinski definition) is 1. The number of benzene rings is 1. The van der Waals surface area contributed by atoms with Crippen LogP contribution < -0.4 is 0 Å². The van der Waals surface area contributed by atoms with E-state index in [1.54, 1.807) is 0 Å². The lowest BCUT2D eigenvalue weighted by atomic mass is 10.0. The Labute approximate surface area is 214 Å². The minimum absolute atomic E-state index is 0.0599. The molecule has 0 atom stereocenters.